The monoisotopic (exact) mass is 144 g/mol. The maximum absolute atomic E-state index is 5.58. The summed E-state index contributed by atoms with van der Waals surface area (Å²) in [6.45, 7) is 2.90. The second-order valence-corrected chi connectivity index (χ2v) is 2.91. The Labute approximate surface area is 61.9 Å². The zero-order valence-electron chi connectivity index (χ0n) is 6.47. The third kappa shape index (κ3) is 2.25. The van der Waals surface area contributed by atoms with Gasteiger partial charge in [-0.15, -0.1) is 0 Å². The van der Waals surface area contributed by atoms with Gasteiger partial charge in [0.2, 0.25) is 0 Å². The third-order valence-electron chi connectivity index (χ3n) is 1.91. The topological polar surface area (TPSA) is 47.3 Å². The normalized spacial score (nSPS) is 34.2. The SMILES string of the molecule is CC1CCCC(CNN)O1. The summed E-state index contributed by atoms with van der Waals surface area (Å²) in [5.41, 5.74) is 2.63. The number of ether oxygens (including phenoxy) is 1. The molecule has 0 aromatic rings. The van der Waals surface area contributed by atoms with Crippen LogP contribution in [-0.2, 0) is 4.74 Å². The molecule has 0 aromatic heterocycles. The molecule has 3 heteroatoms. The van der Waals surface area contributed by atoms with Crippen LogP contribution in [0.25, 0.3) is 0 Å². The van der Waals surface area contributed by atoms with Crippen molar-refractivity contribution in [3.63, 3.8) is 0 Å². The number of nitrogens with one attached hydrogen (secondary N) is 1. The van der Waals surface area contributed by atoms with Crippen LogP contribution in [0.3, 0.4) is 0 Å². The van der Waals surface area contributed by atoms with Crippen LogP contribution in [0, 0.1) is 0 Å². The van der Waals surface area contributed by atoms with Gasteiger partial charge in [-0.2, -0.15) is 0 Å². The maximum Gasteiger partial charge on any atom is 0.0716 e. The molecule has 0 spiro atoms. The van der Waals surface area contributed by atoms with Gasteiger partial charge in [0.15, 0.2) is 0 Å². The van der Waals surface area contributed by atoms with Crippen LogP contribution in [0.1, 0.15) is 26.2 Å². The van der Waals surface area contributed by atoms with E-state index < -0.39 is 0 Å². The molecule has 1 aliphatic rings. The van der Waals surface area contributed by atoms with Crippen molar-refractivity contribution in [3.05, 3.63) is 0 Å². The van der Waals surface area contributed by atoms with Crippen LogP contribution in [0.2, 0.25) is 0 Å². The summed E-state index contributed by atoms with van der Waals surface area (Å²) in [6, 6.07) is 0. The van der Waals surface area contributed by atoms with Gasteiger partial charge in [0.05, 0.1) is 12.2 Å². The first kappa shape index (κ1) is 7.98. The van der Waals surface area contributed by atoms with Gasteiger partial charge in [-0.05, 0) is 26.2 Å². The predicted octanol–water partition coefficient (Wildman–Crippen LogP) is 0.407. The van der Waals surface area contributed by atoms with Crippen LogP contribution >= 0.6 is 0 Å². The second-order valence-electron chi connectivity index (χ2n) is 2.91. The van der Waals surface area contributed by atoms with Crippen LogP contribution in [0.4, 0.5) is 0 Å². The van der Waals surface area contributed by atoms with Crippen molar-refractivity contribution in [1.82, 2.24) is 5.43 Å². The summed E-state index contributed by atoms with van der Waals surface area (Å²) in [5, 5.41) is 0. The van der Waals surface area contributed by atoms with E-state index in [2.05, 4.69) is 12.3 Å². The first-order valence-electron chi connectivity index (χ1n) is 3.92. The molecule has 3 N–H and O–H groups in total. The van der Waals surface area contributed by atoms with E-state index >= 15 is 0 Å². The van der Waals surface area contributed by atoms with Crippen molar-refractivity contribution in [2.75, 3.05) is 6.54 Å². The fourth-order valence-corrected chi connectivity index (χ4v) is 1.38. The van der Waals surface area contributed by atoms with Gasteiger partial charge in [0.25, 0.3) is 0 Å². The Morgan fingerprint density at radius 3 is 3.00 bits per heavy atom. The largest absolute Gasteiger partial charge is 0.374 e. The molecule has 0 amide bonds. The number of hydrogen-bond acceptors (Lipinski definition) is 3. The van der Waals surface area contributed by atoms with Crippen molar-refractivity contribution >= 4 is 0 Å². The molecule has 0 saturated carbocycles. The Hall–Kier alpha value is -0.120. The highest BCUT2D eigenvalue weighted by molar-refractivity contribution is 4.68. The minimum absolute atomic E-state index is 0.341. The van der Waals surface area contributed by atoms with Gasteiger partial charge in [-0.3, -0.25) is 11.3 Å². The maximum atomic E-state index is 5.58. The summed E-state index contributed by atoms with van der Waals surface area (Å²) in [6.07, 6.45) is 4.38. The molecule has 2 atom stereocenters. The average molecular weight is 144 g/mol. The molecule has 10 heavy (non-hydrogen) atoms. The average Bonchev–Trinajstić information content (AvgIpc) is 1.88. The molecule has 1 saturated heterocycles. The van der Waals surface area contributed by atoms with Crippen LogP contribution in [-0.4, -0.2) is 18.8 Å². The first-order chi connectivity index (χ1) is 4.83. The Kier molecular flexibility index (Phi) is 3.12. The van der Waals surface area contributed by atoms with Gasteiger partial charge < -0.3 is 4.74 Å². The summed E-state index contributed by atoms with van der Waals surface area (Å²) < 4.78 is 5.58. The van der Waals surface area contributed by atoms with E-state index in [-0.39, 0.29) is 0 Å². The van der Waals surface area contributed by atoms with Crippen molar-refractivity contribution in [2.45, 2.75) is 38.4 Å². The van der Waals surface area contributed by atoms with E-state index in [1.165, 1.54) is 12.8 Å². The molecule has 1 aliphatic heterocycles. The summed E-state index contributed by atoms with van der Waals surface area (Å²) in [5.74, 6) is 5.17. The first-order valence-corrected chi connectivity index (χ1v) is 3.92. The molecule has 1 rings (SSSR count). The summed E-state index contributed by atoms with van der Waals surface area (Å²) in [7, 11) is 0. The van der Waals surface area contributed by atoms with Crippen molar-refractivity contribution in [1.29, 1.82) is 0 Å². The van der Waals surface area contributed by atoms with Crippen LogP contribution < -0.4 is 11.3 Å². The molecule has 1 fully saturated rings. The van der Waals surface area contributed by atoms with Crippen molar-refractivity contribution < 1.29 is 4.74 Å². The third-order valence-corrected chi connectivity index (χ3v) is 1.91. The lowest BCUT2D eigenvalue weighted by molar-refractivity contribution is -0.0380. The van der Waals surface area contributed by atoms with E-state index in [0.717, 1.165) is 13.0 Å². The molecule has 0 radical (unpaired) electrons. The van der Waals surface area contributed by atoms with E-state index in [1.807, 2.05) is 0 Å². The predicted molar refractivity (Wildman–Crippen MR) is 40.4 cm³/mol. The minimum atomic E-state index is 0.341. The van der Waals surface area contributed by atoms with Crippen LogP contribution in [0.5, 0.6) is 0 Å². The molecule has 1 heterocycles. The molecular formula is C7H16N2O. The Morgan fingerprint density at radius 2 is 2.40 bits per heavy atom. The molecular weight excluding hydrogens is 128 g/mol. The van der Waals surface area contributed by atoms with Crippen molar-refractivity contribution in [3.8, 4) is 0 Å². The Balaban J connectivity index is 2.18. The molecule has 2 unspecified atom stereocenters. The molecule has 3 nitrogen and oxygen atoms in total. The fourth-order valence-electron chi connectivity index (χ4n) is 1.38. The van der Waals surface area contributed by atoms with Gasteiger partial charge in [0, 0.05) is 6.54 Å². The van der Waals surface area contributed by atoms with E-state index in [9.17, 15) is 0 Å². The van der Waals surface area contributed by atoms with Gasteiger partial charge in [-0.1, -0.05) is 0 Å². The Morgan fingerprint density at radius 1 is 1.60 bits per heavy atom. The highest BCUT2D eigenvalue weighted by atomic mass is 16.5. The number of hydrogen-bond donors (Lipinski definition) is 2. The zero-order chi connectivity index (χ0) is 7.40. The second kappa shape index (κ2) is 3.91. The quantitative estimate of drug-likeness (QED) is 0.436. The van der Waals surface area contributed by atoms with E-state index in [4.69, 9.17) is 10.6 Å². The molecule has 0 aromatic carbocycles. The van der Waals surface area contributed by atoms with Gasteiger partial charge in [0.1, 0.15) is 0 Å². The van der Waals surface area contributed by atoms with Crippen LogP contribution in [0.15, 0.2) is 0 Å². The van der Waals surface area contributed by atoms with Gasteiger partial charge in [-0.25, -0.2) is 0 Å². The minimum Gasteiger partial charge on any atom is -0.374 e. The smallest absolute Gasteiger partial charge is 0.0716 e. The lowest BCUT2D eigenvalue weighted by atomic mass is 10.1. The molecule has 60 valence electrons. The number of rotatable bonds is 2. The zero-order valence-corrected chi connectivity index (χ0v) is 6.47. The lowest BCUT2D eigenvalue weighted by Crippen LogP contribution is -2.37. The highest BCUT2D eigenvalue weighted by Gasteiger charge is 2.17. The highest BCUT2D eigenvalue weighted by Crippen LogP contribution is 2.17. The van der Waals surface area contributed by atoms with E-state index in [1.54, 1.807) is 0 Å². The molecule has 0 aliphatic carbocycles. The van der Waals surface area contributed by atoms with Crippen molar-refractivity contribution in [2.24, 2.45) is 5.84 Å². The number of hydrazine groups is 1. The summed E-state index contributed by atoms with van der Waals surface area (Å²) in [4.78, 5) is 0. The number of nitrogens with two attached hydrogens (primary N) is 1. The fraction of sp³-hybridized carbons (Fsp3) is 1.00. The standard InChI is InChI=1S/C7H16N2O/c1-6-3-2-4-7(10-6)5-9-8/h6-7,9H,2-5,8H2,1H3. The Bertz CT molecular complexity index is 95.6. The van der Waals surface area contributed by atoms with E-state index in [0.29, 0.717) is 12.2 Å². The lowest BCUT2D eigenvalue weighted by Gasteiger charge is -2.27. The summed E-state index contributed by atoms with van der Waals surface area (Å²) >= 11 is 0. The molecule has 0 bridgehead atoms. The van der Waals surface area contributed by atoms with Gasteiger partial charge >= 0.3 is 0 Å².